The molecule has 2 aromatic heterocycles. The summed E-state index contributed by atoms with van der Waals surface area (Å²) in [5, 5.41) is 5.41. The summed E-state index contributed by atoms with van der Waals surface area (Å²) >= 11 is 0. The Labute approximate surface area is 134 Å². The molecule has 0 aliphatic heterocycles. The first-order valence-corrected chi connectivity index (χ1v) is 7.12. The number of amides is 2. The highest BCUT2D eigenvalue weighted by atomic mass is 16.5. The number of pyridine rings is 2. The molecule has 0 bridgehead atoms. The zero-order chi connectivity index (χ0) is 16.5. The maximum Gasteiger partial charge on any atom is 0.270 e. The Kier molecular flexibility index (Phi) is 6.19. The van der Waals surface area contributed by atoms with E-state index >= 15 is 0 Å². The Balaban J connectivity index is 1.95. The molecule has 2 aromatic rings. The van der Waals surface area contributed by atoms with E-state index in [0.717, 1.165) is 5.69 Å². The minimum absolute atomic E-state index is 0.181. The summed E-state index contributed by atoms with van der Waals surface area (Å²) in [5.41, 5.74) is 1.30. The molecule has 2 N–H and O–H groups in total. The van der Waals surface area contributed by atoms with Crippen LogP contribution in [0.1, 0.15) is 26.5 Å². The van der Waals surface area contributed by atoms with Gasteiger partial charge in [0.05, 0.1) is 18.8 Å². The van der Waals surface area contributed by atoms with Gasteiger partial charge in [-0.15, -0.1) is 0 Å². The maximum atomic E-state index is 12.1. The SMILES string of the molecule is COCCNC(=O)c1ccnc(C(=O)NCc2ccccn2)c1. The van der Waals surface area contributed by atoms with E-state index in [0.29, 0.717) is 25.3 Å². The standard InChI is InChI=1S/C16H18N4O3/c1-23-9-8-19-15(21)12-5-7-18-14(10-12)16(22)20-11-13-4-2-3-6-17-13/h2-7,10H,8-9,11H2,1H3,(H,19,21)(H,20,22). The number of ether oxygens (including phenoxy) is 1. The third kappa shape index (κ3) is 5.15. The van der Waals surface area contributed by atoms with Gasteiger partial charge in [-0.1, -0.05) is 6.07 Å². The second-order valence-corrected chi connectivity index (χ2v) is 4.68. The lowest BCUT2D eigenvalue weighted by Gasteiger charge is -2.07. The summed E-state index contributed by atoms with van der Waals surface area (Å²) in [7, 11) is 1.56. The lowest BCUT2D eigenvalue weighted by atomic mass is 10.2. The van der Waals surface area contributed by atoms with Gasteiger partial charge in [0.1, 0.15) is 5.69 Å². The smallest absolute Gasteiger partial charge is 0.270 e. The third-order valence-corrected chi connectivity index (χ3v) is 3.00. The van der Waals surface area contributed by atoms with Crippen molar-refractivity contribution in [2.24, 2.45) is 0 Å². The molecule has 7 heteroatoms. The minimum Gasteiger partial charge on any atom is -0.383 e. The highest BCUT2D eigenvalue weighted by molar-refractivity contribution is 5.98. The van der Waals surface area contributed by atoms with Crippen LogP contribution in [0.3, 0.4) is 0 Å². The van der Waals surface area contributed by atoms with Gasteiger partial charge in [-0.2, -0.15) is 0 Å². The molecule has 0 saturated carbocycles. The van der Waals surface area contributed by atoms with E-state index in [4.69, 9.17) is 4.74 Å². The van der Waals surface area contributed by atoms with Crippen molar-refractivity contribution in [3.63, 3.8) is 0 Å². The molecule has 2 heterocycles. The van der Waals surface area contributed by atoms with Crippen molar-refractivity contribution in [2.45, 2.75) is 6.54 Å². The molecule has 120 valence electrons. The van der Waals surface area contributed by atoms with Crippen LogP contribution in [0.5, 0.6) is 0 Å². The fourth-order valence-corrected chi connectivity index (χ4v) is 1.83. The molecule has 0 unspecified atom stereocenters. The van der Waals surface area contributed by atoms with Crippen molar-refractivity contribution in [1.29, 1.82) is 0 Å². The normalized spacial score (nSPS) is 10.1. The van der Waals surface area contributed by atoms with Gasteiger partial charge in [0.15, 0.2) is 0 Å². The third-order valence-electron chi connectivity index (χ3n) is 3.00. The number of carbonyl (C=O) groups excluding carboxylic acids is 2. The van der Waals surface area contributed by atoms with Crippen LogP contribution in [0.4, 0.5) is 0 Å². The van der Waals surface area contributed by atoms with Gasteiger partial charge in [-0.05, 0) is 24.3 Å². The monoisotopic (exact) mass is 314 g/mol. The van der Waals surface area contributed by atoms with Crippen molar-refractivity contribution >= 4 is 11.8 Å². The molecule has 0 spiro atoms. The number of rotatable bonds is 7. The fourth-order valence-electron chi connectivity index (χ4n) is 1.83. The van der Waals surface area contributed by atoms with Gasteiger partial charge in [0.2, 0.25) is 0 Å². The van der Waals surface area contributed by atoms with E-state index < -0.39 is 0 Å². The highest BCUT2D eigenvalue weighted by Gasteiger charge is 2.11. The molecule has 23 heavy (non-hydrogen) atoms. The molecular weight excluding hydrogens is 296 g/mol. The van der Waals surface area contributed by atoms with E-state index in [1.807, 2.05) is 12.1 Å². The Morgan fingerprint density at radius 3 is 2.70 bits per heavy atom. The summed E-state index contributed by atoms with van der Waals surface area (Å²) in [4.78, 5) is 32.2. The number of hydrogen-bond donors (Lipinski definition) is 2. The zero-order valence-corrected chi connectivity index (χ0v) is 12.8. The predicted molar refractivity (Wildman–Crippen MR) is 83.9 cm³/mol. The average molecular weight is 314 g/mol. The topological polar surface area (TPSA) is 93.2 Å². The first-order chi connectivity index (χ1) is 11.2. The first-order valence-electron chi connectivity index (χ1n) is 7.12. The molecule has 0 aliphatic rings. The molecule has 0 saturated heterocycles. The lowest BCUT2D eigenvalue weighted by Crippen LogP contribution is -2.28. The highest BCUT2D eigenvalue weighted by Crippen LogP contribution is 2.03. The van der Waals surface area contributed by atoms with E-state index in [9.17, 15) is 9.59 Å². The summed E-state index contributed by atoms with van der Waals surface area (Å²) in [6.07, 6.45) is 3.09. The Morgan fingerprint density at radius 2 is 1.96 bits per heavy atom. The molecule has 0 fully saturated rings. The largest absolute Gasteiger partial charge is 0.383 e. The number of nitrogens with zero attached hydrogens (tertiary/aromatic N) is 2. The van der Waals surface area contributed by atoms with Gasteiger partial charge < -0.3 is 15.4 Å². The van der Waals surface area contributed by atoms with E-state index in [2.05, 4.69) is 20.6 Å². The molecule has 0 aromatic carbocycles. The Morgan fingerprint density at radius 1 is 1.09 bits per heavy atom. The van der Waals surface area contributed by atoms with Crippen molar-refractivity contribution in [1.82, 2.24) is 20.6 Å². The second-order valence-electron chi connectivity index (χ2n) is 4.68. The maximum absolute atomic E-state index is 12.1. The summed E-state index contributed by atoms with van der Waals surface area (Å²) in [6, 6.07) is 8.47. The van der Waals surface area contributed by atoms with E-state index in [-0.39, 0.29) is 17.5 Å². The average Bonchev–Trinajstić information content (AvgIpc) is 2.61. The van der Waals surface area contributed by atoms with Gasteiger partial charge in [-0.3, -0.25) is 19.6 Å². The summed E-state index contributed by atoms with van der Waals surface area (Å²) in [5.74, 6) is -0.634. The van der Waals surface area contributed by atoms with E-state index in [1.54, 1.807) is 25.4 Å². The Bertz CT molecular complexity index is 661. The molecular formula is C16H18N4O3. The Hall–Kier alpha value is -2.80. The molecule has 0 radical (unpaired) electrons. The minimum atomic E-state index is -0.359. The van der Waals surface area contributed by atoms with Crippen LogP contribution in [-0.4, -0.2) is 42.0 Å². The van der Waals surface area contributed by atoms with Gasteiger partial charge in [0, 0.05) is 31.6 Å². The molecule has 0 atom stereocenters. The number of hydrogen-bond acceptors (Lipinski definition) is 5. The quantitative estimate of drug-likeness (QED) is 0.737. The van der Waals surface area contributed by atoms with Crippen LogP contribution >= 0.6 is 0 Å². The van der Waals surface area contributed by atoms with Crippen LogP contribution < -0.4 is 10.6 Å². The van der Waals surface area contributed by atoms with Crippen molar-refractivity contribution in [3.05, 3.63) is 59.7 Å². The van der Waals surface area contributed by atoms with Crippen LogP contribution in [-0.2, 0) is 11.3 Å². The van der Waals surface area contributed by atoms with Crippen LogP contribution in [0.2, 0.25) is 0 Å². The van der Waals surface area contributed by atoms with Crippen molar-refractivity contribution in [3.8, 4) is 0 Å². The molecule has 0 aliphatic carbocycles. The number of methoxy groups -OCH3 is 1. The van der Waals surface area contributed by atoms with E-state index in [1.165, 1.54) is 12.3 Å². The molecule has 2 rings (SSSR count). The van der Waals surface area contributed by atoms with Gasteiger partial charge >= 0.3 is 0 Å². The summed E-state index contributed by atoms with van der Waals surface area (Å²) < 4.78 is 4.87. The van der Waals surface area contributed by atoms with Crippen molar-refractivity contribution in [2.75, 3.05) is 20.3 Å². The van der Waals surface area contributed by atoms with Gasteiger partial charge in [0.25, 0.3) is 11.8 Å². The number of aromatic nitrogens is 2. The zero-order valence-electron chi connectivity index (χ0n) is 12.8. The number of carbonyl (C=O) groups is 2. The second kappa shape index (κ2) is 8.60. The predicted octanol–water partition coefficient (Wildman–Crippen LogP) is 0.783. The van der Waals surface area contributed by atoms with Gasteiger partial charge in [-0.25, -0.2) is 0 Å². The fraction of sp³-hybridized carbons (Fsp3) is 0.250. The summed E-state index contributed by atoms with van der Waals surface area (Å²) in [6.45, 7) is 1.12. The van der Waals surface area contributed by atoms with Crippen LogP contribution in [0.25, 0.3) is 0 Å². The molecule has 2 amide bonds. The van der Waals surface area contributed by atoms with Crippen molar-refractivity contribution < 1.29 is 14.3 Å². The first kappa shape index (κ1) is 16.6. The van der Waals surface area contributed by atoms with Crippen LogP contribution in [0.15, 0.2) is 42.7 Å². The number of nitrogens with one attached hydrogen (secondary N) is 2. The molecule has 7 nitrogen and oxygen atoms in total. The lowest BCUT2D eigenvalue weighted by molar-refractivity contribution is 0.0937. The van der Waals surface area contributed by atoms with Crippen LogP contribution in [0, 0.1) is 0 Å².